The minimum absolute atomic E-state index is 0.350. The maximum Gasteiger partial charge on any atom is 0.219 e. The van der Waals surface area contributed by atoms with Crippen LogP contribution in [0.3, 0.4) is 0 Å². The molecule has 2 aromatic heterocycles. The van der Waals surface area contributed by atoms with Gasteiger partial charge in [0.1, 0.15) is 23.7 Å². The van der Waals surface area contributed by atoms with Gasteiger partial charge in [0.25, 0.3) is 0 Å². The van der Waals surface area contributed by atoms with Crippen LogP contribution in [-0.4, -0.2) is 39.3 Å². The van der Waals surface area contributed by atoms with Crippen molar-refractivity contribution in [1.29, 1.82) is 0 Å². The highest BCUT2D eigenvalue weighted by atomic mass is 19.1. The lowest BCUT2D eigenvalue weighted by molar-refractivity contribution is 0.457. The molecule has 0 bridgehead atoms. The number of aromatic nitrogens is 4. The number of pyridine rings is 1. The van der Waals surface area contributed by atoms with Gasteiger partial charge in [0, 0.05) is 51.4 Å². The van der Waals surface area contributed by atoms with E-state index in [9.17, 15) is 4.39 Å². The minimum Gasteiger partial charge on any atom is -0.439 e. The van der Waals surface area contributed by atoms with E-state index in [4.69, 9.17) is 4.74 Å². The SMILES string of the molecule is CCc1nncn1CCNC(=NC)NCc1ccc(Oc2cccc(F)c2)nc1. The van der Waals surface area contributed by atoms with Gasteiger partial charge in [0.15, 0.2) is 5.96 Å². The van der Waals surface area contributed by atoms with Gasteiger partial charge in [-0.2, -0.15) is 0 Å². The molecule has 9 heteroatoms. The number of rotatable bonds is 8. The Hall–Kier alpha value is -3.49. The van der Waals surface area contributed by atoms with E-state index in [2.05, 4.69) is 37.7 Å². The van der Waals surface area contributed by atoms with E-state index in [1.165, 1.54) is 12.1 Å². The molecule has 8 nitrogen and oxygen atoms in total. The van der Waals surface area contributed by atoms with Crippen molar-refractivity contribution >= 4 is 5.96 Å². The molecule has 0 radical (unpaired) electrons. The number of hydrogen-bond acceptors (Lipinski definition) is 5. The van der Waals surface area contributed by atoms with E-state index in [1.54, 1.807) is 37.8 Å². The summed E-state index contributed by atoms with van der Waals surface area (Å²) in [7, 11) is 1.72. The zero-order chi connectivity index (χ0) is 20.5. The minimum atomic E-state index is -0.350. The summed E-state index contributed by atoms with van der Waals surface area (Å²) in [5.41, 5.74) is 0.964. The summed E-state index contributed by atoms with van der Waals surface area (Å²) < 4.78 is 20.8. The Morgan fingerprint density at radius 1 is 1.24 bits per heavy atom. The number of aryl methyl sites for hydroxylation is 1. The third kappa shape index (κ3) is 6.00. The molecule has 3 rings (SSSR count). The standard InChI is InChI=1S/C20H24FN7O/c1-3-18-27-26-14-28(18)10-9-23-20(22-2)25-13-15-7-8-19(24-12-15)29-17-6-4-5-16(21)11-17/h4-8,11-12,14H,3,9-10,13H2,1-2H3,(H2,22,23,25). The molecule has 0 unspecified atom stereocenters. The average molecular weight is 397 g/mol. The normalized spacial score (nSPS) is 11.3. The molecule has 0 spiro atoms. The fourth-order valence-corrected chi connectivity index (χ4v) is 2.67. The second-order valence-electron chi connectivity index (χ2n) is 6.21. The lowest BCUT2D eigenvalue weighted by atomic mass is 10.3. The molecule has 0 aliphatic heterocycles. The van der Waals surface area contributed by atoms with E-state index in [0.717, 1.165) is 24.4 Å². The van der Waals surface area contributed by atoms with Crippen molar-refractivity contribution in [2.24, 2.45) is 4.99 Å². The van der Waals surface area contributed by atoms with E-state index >= 15 is 0 Å². The molecule has 0 saturated carbocycles. The fourth-order valence-electron chi connectivity index (χ4n) is 2.67. The van der Waals surface area contributed by atoms with Gasteiger partial charge in [-0.25, -0.2) is 9.37 Å². The first-order chi connectivity index (χ1) is 14.2. The van der Waals surface area contributed by atoms with Gasteiger partial charge >= 0.3 is 0 Å². The largest absolute Gasteiger partial charge is 0.439 e. The quantitative estimate of drug-likeness (QED) is 0.449. The molecule has 1 aromatic carbocycles. The Labute approximate surface area is 168 Å². The van der Waals surface area contributed by atoms with Crippen LogP contribution >= 0.6 is 0 Å². The Bertz CT molecular complexity index is 940. The van der Waals surface area contributed by atoms with E-state index in [0.29, 0.717) is 30.7 Å². The molecule has 0 saturated heterocycles. The van der Waals surface area contributed by atoms with Crippen molar-refractivity contribution in [2.75, 3.05) is 13.6 Å². The van der Waals surface area contributed by atoms with Crippen LogP contribution in [0, 0.1) is 5.82 Å². The smallest absolute Gasteiger partial charge is 0.219 e. The highest BCUT2D eigenvalue weighted by Gasteiger charge is 2.04. The van der Waals surface area contributed by atoms with Crippen molar-refractivity contribution in [3.05, 3.63) is 66.1 Å². The summed E-state index contributed by atoms with van der Waals surface area (Å²) in [6, 6.07) is 9.59. The Kier molecular flexibility index (Phi) is 7.10. The maximum absolute atomic E-state index is 13.2. The van der Waals surface area contributed by atoms with Crippen LogP contribution in [0.15, 0.2) is 53.9 Å². The monoisotopic (exact) mass is 397 g/mol. The van der Waals surface area contributed by atoms with Crippen LogP contribution in [0.5, 0.6) is 11.6 Å². The van der Waals surface area contributed by atoms with Gasteiger partial charge in [-0.15, -0.1) is 10.2 Å². The second kappa shape index (κ2) is 10.2. The molecule has 0 amide bonds. The molecule has 0 fully saturated rings. The van der Waals surface area contributed by atoms with Gasteiger partial charge in [0.05, 0.1) is 0 Å². The molecular weight excluding hydrogens is 373 g/mol. The lowest BCUT2D eigenvalue weighted by Crippen LogP contribution is -2.38. The fraction of sp³-hybridized carbons (Fsp3) is 0.300. The Balaban J connectivity index is 1.45. The third-order valence-electron chi connectivity index (χ3n) is 4.16. The number of nitrogens with one attached hydrogen (secondary N) is 2. The highest BCUT2D eigenvalue weighted by Crippen LogP contribution is 2.19. The first kappa shape index (κ1) is 20.2. The molecule has 0 aliphatic carbocycles. The Morgan fingerprint density at radius 2 is 2.14 bits per heavy atom. The van der Waals surface area contributed by atoms with Crippen LogP contribution < -0.4 is 15.4 Å². The van der Waals surface area contributed by atoms with Crippen molar-refractivity contribution in [1.82, 2.24) is 30.4 Å². The molecule has 3 aromatic rings. The molecule has 2 N–H and O–H groups in total. The number of ether oxygens (including phenoxy) is 1. The molecule has 0 atom stereocenters. The topological polar surface area (TPSA) is 89.2 Å². The second-order valence-corrected chi connectivity index (χ2v) is 6.21. The highest BCUT2D eigenvalue weighted by molar-refractivity contribution is 5.79. The number of aliphatic imine (C=N–C) groups is 1. The van der Waals surface area contributed by atoms with Gasteiger partial charge < -0.3 is 19.9 Å². The summed E-state index contributed by atoms with van der Waals surface area (Å²) in [4.78, 5) is 8.48. The summed E-state index contributed by atoms with van der Waals surface area (Å²) >= 11 is 0. The molecule has 0 aliphatic rings. The van der Waals surface area contributed by atoms with Crippen LogP contribution in [0.4, 0.5) is 4.39 Å². The lowest BCUT2D eigenvalue weighted by Gasteiger charge is -2.13. The van der Waals surface area contributed by atoms with Crippen molar-refractivity contribution in [3.63, 3.8) is 0 Å². The van der Waals surface area contributed by atoms with Crippen molar-refractivity contribution < 1.29 is 9.13 Å². The van der Waals surface area contributed by atoms with Crippen LogP contribution in [0.1, 0.15) is 18.3 Å². The molecule has 2 heterocycles. The van der Waals surface area contributed by atoms with E-state index in [-0.39, 0.29) is 5.82 Å². The molecule has 152 valence electrons. The van der Waals surface area contributed by atoms with E-state index in [1.807, 2.05) is 10.6 Å². The summed E-state index contributed by atoms with van der Waals surface area (Å²) in [5.74, 6) is 2.12. The summed E-state index contributed by atoms with van der Waals surface area (Å²) in [5, 5.41) is 14.5. The van der Waals surface area contributed by atoms with E-state index < -0.39 is 0 Å². The predicted octanol–water partition coefficient (Wildman–Crippen LogP) is 2.53. The predicted molar refractivity (Wildman–Crippen MR) is 108 cm³/mol. The zero-order valence-corrected chi connectivity index (χ0v) is 16.5. The number of nitrogens with zero attached hydrogens (tertiary/aromatic N) is 5. The third-order valence-corrected chi connectivity index (χ3v) is 4.16. The maximum atomic E-state index is 13.2. The van der Waals surface area contributed by atoms with Gasteiger partial charge in [-0.1, -0.05) is 19.1 Å². The van der Waals surface area contributed by atoms with Crippen LogP contribution in [0.25, 0.3) is 0 Å². The zero-order valence-electron chi connectivity index (χ0n) is 16.5. The molecule has 29 heavy (non-hydrogen) atoms. The van der Waals surface area contributed by atoms with Gasteiger partial charge in [-0.05, 0) is 17.7 Å². The van der Waals surface area contributed by atoms with Gasteiger partial charge in [0.2, 0.25) is 5.88 Å². The molecular formula is C20H24FN7O. The number of hydrogen-bond donors (Lipinski definition) is 2. The number of guanidine groups is 1. The first-order valence-corrected chi connectivity index (χ1v) is 9.37. The Morgan fingerprint density at radius 3 is 2.86 bits per heavy atom. The number of halogens is 1. The van der Waals surface area contributed by atoms with Crippen molar-refractivity contribution in [3.8, 4) is 11.6 Å². The summed E-state index contributed by atoms with van der Waals surface area (Å²) in [6.45, 7) is 4.06. The van der Waals surface area contributed by atoms with Crippen LogP contribution in [0.2, 0.25) is 0 Å². The van der Waals surface area contributed by atoms with Crippen LogP contribution in [-0.2, 0) is 19.5 Å². The summed E-state index contributed by atoms with van der Waals surface area (Å²) in [6.07, 6.45) is 4.29. The average Bonchev–Trinajstić information content (AvgIpc) is 3.19. The van der Waals surface area contributed by atoms with Gasteiger partial charge in [-0.3, -0.25) is 4.99 Å². The first-order valence-electron chi connectivity index (χ1n) is 9.37. The number of benzene rings is 1. The van der Waals surface area contributed by atoms with Crippen molar-refractivity contribution in [2.45, 2.75) is 26.4 Å².